The number of nitrogens with zero attached hydrogens (tertiary/aromatic N) is 1. The van der Waals surface area contributed by atoms with Crippen molar-refractivity contribution in [3.8, 4) is 0 Å². The van der Waals surface area contributed by atoms with Crippen molar-refractivity contribution in [2.45, 2.75) is 19.8 Å². The smallest absolute Gasteiger partial charge is 0.241 e. The van der Waals surface area contributed by atoms with Gasteiger partial charge in [-0.1, -0.05) is 18.2 Å². The predicted octanol–water partition coefficient (Wildman–Crippen LogP) is 2.03. The Morgan fingerprint density at radius 2 is 2.00 bits per heavy atom. The lowest BCUT2D eigenvalue weighted by atomic mass is 10.2. The number of amides is 1. The quantitative estimate of drug-likeness (QED) is 0.842. The van der Waals surface area contributed by atoms with Gasteiger partial charge in [0.25, 0.3) is 0 Å². The Labute approximate surface area is 96.5 Å². The minimum atomic E-state index is 0.209. The summed E-state index contributed by atoms with van der Waals surface area (Å²) in [4.78, 5) is 13.7. The van der Waals surface area contributed by atoms with Crippen molar-refractivity contribution < 1.29 is 4.79 Å². The molecule has 0 saturated carbocycles. The summed E-state index contributed by atoms with van der Waals surface area (Å²) >= 11 is 0. The van der Waals surface area contributed by atoms with Crippen LogP contribution < -0.4 is 5.32 Å². The molecule has 0 aliphatic carbocycles. The summed E-state index contributed by atoms with van der Waals surface area (Å²) in [5.74, 6) is 0.209. The third kappa shape index (κ3) is 2.54. The molecule has 0 atom stereocenters. The number of hydrogen-bond acceptors (Lipinski definition) is 2. The highest BCUT2D eigenvalue weighted by atomic mass is 16.2. The average molecular weight is 218 g/mol. The first kappa shape index (κ1) is 11.0. The lowest BCUT2D eigenvalue weighted by Crippen LogP contribution is -2.33. The van der Waals surface area contributed by atoms with Gasteiger partial charge in [-0.3, -0.25) is 4.79 Å². The van der Waals surface area contributed by atoms with Crippen LogP contribution in [0, 0.1) is 6.92 Å². The van der Waals surface area contributed by atoms with Gasteiger partial charge in [0, 0.05) is 18.8 Å². The predicted molar refractivity (Wildman–Crippen MR) is 65.5 cm³/mol. The first-order valence-electron chi connectivity index (χ1n) is 5.84. The van der Waals surface area contributed by atoms with Crippen LogP contribution in [0.4, 0.5) is 5.69 Å². The Balaban J connectivity index is 1.87. The molecule has 86 valence electrons. The Kier molecular flexibility index (Phi) is 3.44. The maximum atomic E-state index is 11.8. The number of hydrogen-bond donors (Lipinski definition) is 1. The van der Waals surface area contributed by atoms with Gasteiger partial charge < -0.3 is 10.2 Å². The maximum absolute atomic E-state index is 11.8. The van der Waals surface area contributed by atoms with E-state index in [4.69, 9.17) is 0 Å². The van der Waals surface area contributed by atoms with Crippen molar-refractivity contribution in [2.75, 3.05) is 25.0 Å². The summed E-state index contributed by atoms with van der Waals surface area (Å²) in [5.41, 5.74) is 2.23. The molecule has 1 heterocycles. The third-order valence-electron chi connectivity index (χ3n) is 3.03. The SMILES string of the molecule is Cc1ccccc1NCC(=O)N1CCCC1. The lowest BCUT2D eigenvalue weighted by Gasteiger charge is -2.16. The second-order valence-electron chi connectivity index (χ2n) is 4.26. The monoisotopic (exact) mass is 218 g/mol. The number of aryl methyl sites for hydroxylation is 1. The fraction of sp³-hybridized carbons (Fsp3) is 0.462. The highest BCUT2D eigenvalue weighted by molar-refractivity contribution is 5.81. The molecule has 0 spiro atoms. The molecule has 1 fully saturated rings. The molecule has 1 aromatic carbocycles. The van der Waals surface area contributed by atoms with Crippen LogP contribution in [0.5, 0.6) is 0 Å². The van der Waals surface area contributed by atoms with E-state index in [9.17, 15) is 4.79 Å². The summed E-state index contributed by atoms with van der Waals surface area (Å²) in [7, 11) is 0. The molecule has 3 heteroatoms. The van der Waals surface area contributed by atoms with Crippen LogP contribution in [0.25, 0.3) is 0 Å². The molecule has 0 radical (unpaired) electrons. The van der Waals surface area contributed by atoms with Crippen LogP contribution in [0.1, 0.15) is 18.4 Å². The van der Waals surface area contributed by atoms with E-state index in [1.807, 2.05) is 36.1 Å². The van der Waals surface area contributed by atoms with Gasteiger partial charge in [-0.2, -0.15) is 0 Å². The van der Waals surface area contributed by atoms with Gasteiger partial charge in [0.05, 0.1) is 6.54 Å². The standard InChI is InChI=1S/C13H18N2O/c1-11-6-2-3-7-12(11)14-10-13(16)15-8-4-5-9-15/h2-3,6-7,14H,4-5,8-10H2,1H3. The van der Waals surface area contributed by atoms with Crippen molar-refractivity contribution in [1.29, 1.82) is 0 Å². The topological polar surface area (TPSA) is 32.3 Å². The fourth-order valence-electron chi connectivity index (χ4n) is 2.02. The fourth-order valence-corrected chi connectivity index (χ4v) is 2.02. The molecule has 1 N–H and O–H groups in total. The van der Waals surface area contributed by atoms with Gasteiger partial charge in [0.1, 0.15) is 0 Å². The molecule has 1 aliphatic rings. The number of nitrogens with one attached hydrogen (secondary N) is 1. The van der Waals surface area contributed by atoms with Crippen molar-refractivity contribution in [3.63, 3.8) is 0 Å². The van der Waals surface area contributed by atoms with Crippen LogP contribution in [0.15, 0.2) is 24.3 Å². The van der Waals surface area contributed by atoms with Gasteiger partial charge in [-0.25, -0.2) is 0 Å². The van der Waals surface area contributed by atoms with E-state index < -0.39 is 0 Å². The molecule has 0 bridgehead atoms. The summed E-state index contributed by atoms with van der Waals surface area (Å²) in [6.07, 6.45) is 2.30. The molecular weight excluding hydrogens is 200 g/mol. The average Bonchev–Trinajstić information content (AvgIpc) is 2.81. The van der Waals surface area contributed by atoms with Gasteiger partial charge >= 0.3 is 0 Å². The van der Waals surface area contributed by atoms with Gasteiger partial charge in [-0.05, 0) is 31.4 Å². The summed E-state index contributed by atoms with van der Waals surface area (Å²) < 4.78 is 0. The van der Waals surface area contributed by atoms with E-state index in [0.717, 1.165) is 31.6 Å². The second kappa shape index (κ2) is 5.01. The largest absolute Gasteiger partial charge is 0.376 e. The number of para-hydroxylation sites is 1. The van der Waals surface area contributed by atoms with Gasteiger partial charge in [0.15, 0.2) is 0 Å². The Morgan fingerprint density at radius 3 is 2.69 bits per heavy atom. The minimum Gasteiger partial charge on any atom is -0.376 e. The first-order valence-corrected chi connectivity index (χ1v) is 5.84. The van der Waals surface area contributed by atoms with Crippen molar-refractivity contribution in [3.05, 3.63) is 29.8 Å². The zero-order valence-electron chi connectivity index (χ0n) is 9.70. The van der Waals surface area contributed by atoms with Crippen LogP contribution in [0.3, 0.4) is 0 Å². The van der Waals surface area contributed by atoms with Crippen molar-refractivity contribution in [2.24, 2.45) is 0 Å². The van der Waals surface area contributed by atoms with E-state index >= 15 is 0 Å². The molecule has 0 unspecified atom stereocenters. The Morgan fingerprint density at radius 1 is 1.31 bits per heavy atom. The first-order chi connectivity index (χ1) is 7.77. The lowest BCUT2D eigenvalue weighted by molar-refractivity contribution is -0.128. The summed E-state index contributed by atoms with van der Waals surface area (Å²) in [5, 5.41) is 3.20. The number of likely N-dealkylation sites (tertiary alicyclic amines) is 1. The van der Waals surface area contributed by atoms with E-state index in [2.05, 4.69) is 5.32 Å². The van der Waals surface area contributed by atoms with E-state index in [1.165, 1.54) is 5.56 Å². The summed E-state index contributed by atoms with van der Waals surface area (Å²) in [6.45, 7) is 4.30. The van der Waals surface area contributed by atoms with Crippen LogP contribution >= 0.6 is 0 Å². The molecule has 2 rings (SSSR count). The number of rotatable bonds is 3. The third-order valence-corrected chi connectivity index (χ3v) is 3.03. The molecule has 0 aromatic heterocycles. The van der Waals surface area contributed by atoms with Crippen LogP contribution in [-0.2, 0) is 4.79 Å². The number of carbonyl (C=O) groups excluding carboxylic acids is 1. The molecule has 1 aliphatic heterocycles. The van der Waals surface area contributed by atoms with Gasteiger partial charge in [-0.15, -0.1) is 0 Å². The molecule has 3 nitrogen and oxygen atoms in total. The van der Waals surface area contributed by atoms with E-state index in [-0.39, 0.29) is 5.91 Å². The maximum Gasteiger partial charge on any atom is 0.241 e. The Bertz CT molecular complexity index is 370. The van der Waals surface area contributed by atoms with Crippen LogP contribution in [0.2, 0.25) is 0 Å². The molecule has 1 amide bonds. The molecular formula is C13H18N2O. The number of carbonyl (C=O) groups is 1. The van der Waals surface area contributed by atoms with E-state index in [1.54, 1.807) is 0 Å². The van der Waals surface area contributed by atoms with Gasteiger partial charge in [0.2, 0.25) is 5.91 Å². The zero-order valence-corrected chi connectivity index (χ0v) is 9.70. The van der Waals surface area contributed by atoms with Crippen molar-refractivity contribution in [1.82, 2.24) is 4.90 Å². The van der Waals surface area contributed by atoms with E-state index in [0.29, 0.717) is 6.54 Å². The molecule has 16 heavy (non-hydrogen) atoms. The van der Waals surface area contributed by atoms with Crippen molar-refractivity contribution >= 4 is 11.6 Å². The normalized spacial score (nSPS) is 15.2. The minimum absolute atomic E-state index is 0.209. The van der Waals surface area contributed by atoms with Crippen LogP contribution in [-0.4, -0.2) is 30.4 Å². The zero-order chi connectivity index (χ0) is 11.4. The molecule has 1 saturated heterocycles. The second-order valence-corrected chi connectivity index (χ2v) is 4.26. The highest BCUT2D eigenvalue weighted by Gasteiger charge is 2.17. The summed E-state index contributed by atoms with van der Waals surface area (Å²) in [6, 6.07) is 8.04. The molecule has 1 aromatic rings. The Hall–Kier alpha value is -1.51. The highest BCUT2D eigenvalue weighted by Crippen LogP contribution is 2.13. The number of anilines is 1. The number of benzene rings is 1.